The molecule has 1 amide bonds. The molecule has 4 rings (SSSR count). The second kappa shape index (κ2) is 7.17. The summed E-state index contributed by atoms with van der Waals surface area (Å²) >= 11 is 0. The molecule has 1 aromatic carbocycles. The Morgan fingerprint density at radius 2 is 2.03 bits per heavy atom. The Morgan fingerprint density at radius 1 is 1.28 bits per heavy atom. The minimum Gasteiger partial charge on any atom is -0.487 e. The van der Waals surface area contributed by atoms with E-state index in [0.717, 1.165) is 36.6 Å². The molecule has 0 bridgehead atoms. The van der Waals surface area contributed by atoms with Gasteiger partial charge >= 0.3 is 0 Å². The van der Waals surface area contributed by atoms with Crippen LogP contribution >= 0.6 is 0 Å². The predicted molar refractivity (Wildman–Crippen MR) is 113 cm³/mol. The summed E-state index contributed by atoms with van der Waals surface area (Å²) in [6.07, 6.45) is 1.51. The molecule has 1 saturated heterocycles. The average Bonchev–Trinajstić information content (AvgIpc) is 3.20. The number of carbonyl (C=O) groups excluding carboxylic acids is 1. The number of hydrogen-bond donors (Lipinski definition) is 1. The summed E-state index contributed by atoms with van der Waals surface area (Å²) in [4.78, 5) is 14.4. The second-order valence-corrected chi connectivity index (χ2v) is 9.20. The molecule has 6 heteroatoms. The molecule has 2 aromatic rings. The van der Waals surface area contributed by atoms with Crippen LogP contribution in [0.25, 0.3) is 0 Å². The van der Waals surface area contributed by atoms with E-state index in [1.165, 1.54) is 16.7 Å². The van der Waals surface area contributed by atoms with Gasteiger partial charge in [0.05, 0.1) is 11.7 Å². The average molecular weight is 397 g/mol. The number of amides is 1. The Hall–Kier alpha value is -2.34. The molecule has 1 N–H and O–H groups in total. The number of para-hydroxylation sites is 1. The van der Waals surface area contributed by atoms with Crippen LogP contribution in [-0.4, -0.2) is 39.8 Å². The van der Waals surface area contributed by atoms with E-state index in [1.54, 1.807) is 0 Å². The summed E-state index contributed by atoms with van der Waals surface area (Å²) < 4.78 is 8.11. The van der Waals surface area contributed by atoms with Crippen LogP contribution < -0.4 is 10.1 Å². The highest BCUT2D eigenvalue weighted by atomic mass is 16.5. The smallest absolute Gasteiger partial charge is 0.223 e. The Balaban J connectivity index is 1.49. The number of ether oxygens (including phenoxy) is 1. The molecule has 0 spiro atoms. The van der Waals surface area contributed by atoms with Crippen molar-refractivity contribution in [1.29, 1.82) is 0 Å². The monoisotopic (exact) mass is 396 g/mol. The van der Waals surface area contributed by atoms with Crippen molar-refractivity contribution in [3.8, 4) is 5.75 Å². The van der Waals surface area contributed by atoms with Crippen molar-refractivity contribution >= 4 is 5.91 Å². The minimum absolute atomic E-state index is 0.0698. The van der Waals surface area contributed by atoms with Gasteiger partial charge < -0.3 is 15.0 Å². The number of carbonyl (C=O) groups is 1. The number of likely N-dealkylation sites (tertiary alicyclic amines) is 1. The second-order valence-electron chi connectivity index (χ2n) is 9.20. The standard InChI is InChI=1S/C23H32N4O2/c1-14-20(15(2)27(6)25-14)21-18(10-19(28)26(21)5)13-24-12-17-9-7-8-16-11-23(3,4)29-22(16)17/h7-9,18,21,24H,10-13H2,1-6H3/t18-,21+/m0/s1. The summed E-state index contributed by atoms with van der Waals surface area (Å²) in [5.74, 6) is 1.46. The summed E-state index contributed by atoms with van der Waals surface area (Å²) in [6, 6.07) is 6.47. The van der Waals surface area contributed by atoms with Gasteiger partial charge in [0.15, 0.2) is 0 Å². The fourth-order valence-corrected chi connectivity index (χ4v) is 4.99. The van der Waals surface area contributed by atoms with Crippen molar-refractivity contribution in [2.24, 2.45) is 13.0 Å². The highest BCUT2D eigenvalue weighted by Crippen LogP contribution is 2.40. The normalized spacial score (nSPS) is 22.8. The molecule has 1 aromatic heterocycles. The summed E-state index contributed by atoms with van der Waals surface area (Å²) in [5.41, 5.74) is 5.67. The third kappa shape index (κ3) is 3.54. The van der Waals surface area contributed by atoms with E-state index in [4.69, 9.17) is 4.74 Å². The molecule has 3 heterocycles. The highest BCUT2D eigenvalue weighted by Gasteiger charge is 2.40. The molecule has 29 heavy (non-hydrogen) atoms. The first-order chi connectivity index (χ1) is 13.7. The zero-order valence-electron chi connectivity index (χ0n) is 18.4. The van der Waals surface area contributed by atoms with Gasteiger partial charge in [-0.1, -0.05) is 18.2 Å². The maximum absolute atomic E-state index is 12.5. The zero-order valence-corrected chi connectivity index (χ0v) is 18.4. The van der Waals surface area contributed by atoms with Crippen molar-refractivity contribution in [3.63, 3.8) is 0 Å². The van der Waals surface area contributed by atoms with Crippen molar-refractivity contribution < 1.29 is 9.53 Å². The molecule has 0 saturated carbocycles. The van der Waals surface area contributed by atoms with Crippen LogP contribution in [0.4, 0.5) is 0 Å². The lowest BCUT2D eigenvalue weighted by molar-refractivity contribution is -0.127. The Labute approximate surface area is 173 Å². The van der Waals surface area contributed by atoms with E-state index in [2.05, 4.69) is 49.4 Å². The molecule has 0 unspecified atom stereocenters. The first-order valence-electron chi connectivity index (χ1n) is 10.4. The van der Waals surface area contributed by atoms with E-state index in [9.17, 15) is 4.79 Å². The number of fused-ring (bicyclic) bond motifs is 1. The van der Waals surface area contributed by atoms with Crippen molar-refractivity contribution in [3.05, 3.63) is 46.3 Å². The fourth-order valence-electron chi connectivity index (χ4n) is 4.99. The van der Waals surface area contributed by atoms with Crippen LogP contribution in [0.15, 0.2) is 18.2 Å². The molecule has 156 valence electrons. The molecule has 2 aliphatic rings. The van der Waals surface area contributed by atoms with E-state index >= 15 is 0 Å². The zero-order chi connectivity index (χ0) is 20.9. The van der Waals surface area contributed by atoms with E-state index < -0.39 is 0 Å². The Kier molecular flexibility index (Phi) is 4.93. The quantitative estimate of drug-likeness (QED) is 0.844. The van der Waals surface area contributed by atoms with E-state index in [-0.39, 0.29) is 23.5 Å². The van der Waals surface area contributed by atoms with Gasteiger partial charge in [0, 0.05) is 62.8 Å². The number of rotatable bonds is 5. The van der Waals surface area contributed by atoms with Crippen LogP contribution in [0.5, 0.6) is 5.75 Å². The maximum Gasteiger partial charge on any atom is 0.223 e. The first-order valence-corrected chi connectivity index (χ1v) is 10.4. The van der Waals surface area contributed by atoms with Gasteiger partial charge in [-0.05, 0) is 33.3 Å². The number of aryl methyl sites for hydroxylation is 2. The molecule has 2 atom stereocenters. The van der Waals surface area contributed by atoms with E-state index in [0.29, 0.717) is 6.42 Å². The van der Waals surface area contributed by atoms with Crippen LogP contribution in [0.3, 0.4) is 0 Å². The van der Waals surface area contributed by atoms with Gasteiger partial charge in [0.2, 0.25) is 5.91 Å². The van der Waals surface area contributed by atoms with Crippen LogP contribution in [0.1, 0.15) is 54.4 Å². The number of nitrogens with zero attached hydrogens (tertiary/aromatic N) is 3. The Bertz CT molecular complexity index is 947. The number of nitrogens with one attached hydrogen (secondary N) is 1. The molecule has 6 nitrogen and oxygen atoms in total. The van der Waals surface area contributed by atoms with Crippen molar-refractivity contribution in [2.45, 2.75) is 58.7 Å². The lowest BCUT2D eigenvalue weighted by atomic mass is 9.92. The Morgan fingerprint density at radius 3 is 2.72 bits per heavy atom. The summed E-state index contributed by atoms with van der Waals surface area (Å²) in [6.45, 7) is 9.91. The highest BCUT2D eigenvalue weighted by molar-refractivity contribution is 5.79. The molecular weight excluding hydrogens is 364 g/mol. The van der Waals surface area contributed by atoms with Gasteiger partial charge in [-0.2, -0.15) is 5.10 Å². The third-order valence-corrected chi connectivity index (χ3v) is 6.45. The molecule has 1 fully saturated rings. The number of aromatic nitrogens is 2. The van der Waals surface area contributed by atoms with Crippen molar-refractivity contribution in [2.75, 3.05) is 13.6 Å². The van der Waals surface area contributed by atoms with Crippen molar-refractivity contribution in [1.82, 2.24) is 20.0 Å². The van der Waals surface area contributed by atoms with Crippen LogP contribution in [0.2, 0.25) is 0 Å². The number of benzene rings is 1. The SMILES string of the molecule is Cc1nn(C)c(C)c1[C@H]1[C@H](CNCc2cccc3c2OC(C)(C)C3)CC(=O)N1C. The summed E-state index contributed by atoms with van der Waals surface area (Å²) in [7, 11) is 3.88. The topological polar surface area (TPSA) is 59.4 Å². The van der Waals surface area contributed by atoms with Gasteiger partial charge in [-0.15, -0.1) is 0 Å². The van der Waals surface area contributed by atoms with Gasteiger partial charge in [0.1, 0.15) is 11.4 Å². The minimum atomic E-state index is -0.139. The molecular formula is C23H32N4O2. The maximum atomic E-state index is 12.5. The predicted octanol–water partition coefficient (Wildman–Crippen LogP) is 3.06. The van der Waals surface area contributed by atoms with Gasteiger partial charge in [-0.3, -0.25) is 9.48 Å². The van der Waals surface area contributed by atoms with E-state index in [1.807, 2.05) is 30.6 Å². The summed E-state index contributed by atoms with van der Waals surface area (Å²) in [5, 5.41) is 8.17. The van der Waals surface area contributed by atoms with Crippen LogP contribution in [0, 0.1) is 19.8 Å². The lowest BCUT2D eigenvalue weighted by Gasteiger charge is -2.26. The fraction of sp³-hybridized carbons (Fsp3) is 0.565. The largest absolute Gasteiger partial charge is 0.487 e. The molecule has 2 aliphatic heterocycles. The van der Waals surface area contributed by atoms with Gasteiger partial charge in [0.25, 0.3) is 0 Å². The van der Waals surface area contributed by atoms with Gasteiger partial charge in [-0.25, -0.2) is 0 Å². The molecule has 0 aliphatic carbocycles. The van der Waals surface area contributed by atoms with Crippen LogP contribution in [-0.2, 0) is 24.8 Å². The third-order valence-electron chi connectivity index (χ3n) is 6.45. The number of hydrogen-bond acceptors (Lipinski definition) is 4. The first kappa shape index (κ1) is 20.0. The molecule has 0 radical (unpaired) electrons. The lowest BCUT2D eigenvalue weighted by Crippen LogP contribution is -2.30.